The van der Waals surface area contributed by atoms with E-state index in [1.54, 1.807) is 0 Å². The summed E-state index contributed by atoms with van der Waals surface area (Å²) in [6, 6.07) is 0.576. The van der Waals surface area contributed by atoms with Gasteiger partial charge in [0.15, 0.2) is 0 Å². The molecule has 1 rings (SSSR count). The average Bonchev–Trinajstić information content (AvgIpc) is 2.28. The summed E-state index contributed by atoms with van der Waals surface area (Å²) in [4.78, 5) is 13.7. The fraction of sp³-hybridized carbons (Fsp3) is 0.923. The Morgan fingerprint density at radius 3 is 2.69 bits per heavy atom. The van der Waals surface area contributed by atoms with Crippen LogP contribution in [0.25, 0.3) is 0 Å². The molecular formula is C13H25NO2. The van der Waals surface area contributed by atoms with Crippen molar-refractivity contribution in [2.45, 2.75) is 53.0 Å². The maximum atomic E-state index is 11.2. The Balaban J connectivity index is 2.67. The standard InChI is InChI=1S/C13H25NO2/c1-5-10(2)14-8-6-7-11(9-14)13(3,4)12(15)16/h10-11H,5-9H2,1-4H3,(H,15,16). The van der Waals surface area contributed by atoms with Gasteiger partial charge in [-0.2, -0.15) is 0 Å². The third kappa shape index (κ3) is 2.76. The second-order valence-corrected chi connectivity index (χ2v) is 5.62. The fourth-order valence-electron chi connectivity index (χ4n) is 2.43. The van der Waals surface area contributed by atoms with Crippen molar-refractivity contribution < 1.29 is 9.90 Å². The zero-order valence-corrected chi connectivity index (χ0v) is 11.0. The van der Waals surface area contributed by atoms with Crippen LogP contribution in [0.1, 0.15) is 47.0 Å². The molecule has 1 aliphatic rings. The monoisotopic (exact) mass is 227 g/mol. The van der Waals surface area contributed by atoms with Crippen molar-refractivity contribution >= 4 is 5.97 Å². The molecule has 0 aromatic heterocycles. The maximum absolute atomic E-state index is 11.2. The number of aliphatic carboxylic acids is 1. The first-order valence-corrected chi connectivity index (χ1v) is 6.37. The Hall–Kier alpha value is -0.570. The molecule has 1 N–H and O–H groups in total. The Labute approximate surface area is 98.8 Å². The van der Waals surface area contributed by atoms with Crippen LogP contribution in [-0.4, -0.2) is 35.1 Å². The molecule has 16 heavy (non-hydrogen) atoms. The Bertz CT molecular complexity index is 250. The summed E-state index contributed by atoms with van der Waals surface area (Å²) in [5, 5.41) is 9.26. The molecule has 2 atom stereocenters. The first-order valence-electron chi connectivity index (χ1n) is 6.37. The van der Waals surface area contributed by atoms with E-state index in [1.165, 1.54) is 0 Å². The van der Waals surface area contributed by atoms with Crippen LogP contribution in [0.15, 0.2) is 0 Å². The van der Waals surface area contributed by atoms with Crippen molar-refractivity contribution in [3.05, 3.63) is 0 Å². The number of hydrogen-bond donors (Lipinski definition) is 1. The minimum Gasteiger partial charge on any atom is -0.481 e. The molecular weight excluding hydrogens is 202 g/mol. The average molecular weight is 227 g/mol. The summed E-state index contributed by atoms with van der Waals surface area (Å²) >= 11 is 0. The van der Waals surface area contributed by atoms with Crippen LogP contribution in [0.3, 0.4) is 0 Å². The SMILES string of the molecule is CCC(C)N1CCCC(C(C)(C)C(=O)O)C1. The first-order chi connectivity index (χ1) is 7.39. The van der Waals surface area contributed by atoms with Crippen LogP contribution < -0.4 is 0 Å². The highest BCUT2D eigenvalue weighted by atomic mass is 16.4. The Morgan fingerprint density at radius 1 is 1.56 bits per heavy atom. The molecule has 0 bridgehead atoms. The zero-order chi connectivity index (χ0) is 12.3. The molecule has 0 aromatic carbocycles. The van der Waals surface area contributed by atoms with Crippen molar-refractivity contribution in [3.63, 3.8) is 0 Å². The predicted octanol–water partition coefficient (Wildman–Crippen LogP) is 2.61. The topological polar surface area (TPSA) is 40.5 Å². The van der Waals surface area contributed by atoms with Gasteiger partial charge in [0.1, 0.15) is 0 Å². The van der Waals surface area contributed by atoms with E-state index in [9.17, 15) is 9.90 Å². The van der Waals surface area contributed by atoms with E-state index in [0.29, 0.717) is 6.04 Å². The smallest absolute Gasteiger partial charge is 0.309 e. The first kappa shape index (κ1) is 13.5. The molecule has 3 heteroatoms. The summed E-state index contributed by atoms with van der Waals surface area (Å²) in [5.74, 6) is -0.378. The number of carboxylic acids is 1. The number of piperidine rings is 1. The van der Waals surface area contributed by atoms with Crippen LogP contribution in [0.2, 0.25) is 0 Å². The second kappa shape index (κ2) is 5.17. The maximum Gasteiger partial charge on any atom is 0.309 e. The second-order valence-electron chi connectivity index (χ2n) is 5.62. The highest BCUT2D eigenvalue weighted by Gasteiger charge is 2.39. The van der Waals surface area contributed by atoms with Crippen molar-refractivity contribution in [1.82, 2.24) is 4.90 Å². The van der Waals surface area contributed by atoms with Gasteiger partial charge in [0.05, 0.1) is 5.41 Å². The molecule has 0 aromatic rings. The number of likely N-dealkylation sites (tertiary alicyclic amines) is 1. The molecule has 0 radical (unpaired) electrons. The summed E-state index contributed by atoms with van der Waals surface area (Å²) in [7, 11) is 0. The number of hydrogen-bond acceptors (Lipinski definition) is 2. The summed E-state index contributed by atoms with van der Waals surface area (Å²) in [6.07, 6.45) is 3.32. The molecule has 2 unspecified atom stereocenters. The minimum atomic E-state index is -0.663. The fourth-order valence-corrected chi connectivity index (χ4v) is 2.43. The lowest BCUT2D eigenvalue weighted by atomic mass is 9.74. The zero-order valence-electron chi connectivity index (χ0n) is 11.0. The Morgan fingerprint density at radius 2 is 2.19 bits per heavy atom. The summed E-state index contributed by atoms with van der Waals surface area (Å²) < 4.78 is 0. The highest BCUT2D eigenvalue weighted by Crippen LogP contribution is 2.34. The quantitative estimate of drug-likeness (QED) is 0.802. The van der Waals surface area contributed by atoms with Gasteiger partial charge >= 0.3 is 5.97 Å². The van der Waals surface area contributed by atoms with E-state index in [0.717, 1.165) is 32.4 Å². The van der Waals surface area contributed by atoms with Gasteiger partial charge in [0, 0.05) is 12.6 Å². The van der Waals surface area contributed by atoms with Crippen LogP contribution in [-0.2, 0) is 4.79 Å². The van der Waals surface area contributed by atoms with Gasteiger partial charge in [-0.25, -0.2) is 0 Å². The molecule has 1 saturated heterocycles. The lowest BCUT2D eigenvalue weighted by Crippen LogP contribution is -2.47. The Kier molecular flexibility index (Phi) is 4.36. The van der Waals surface area contributed by atoms with Crippen molar-refractivity contribution in [3.8, 4) is 0 Å². The van der Waals surface area contributed by atoms with Crippen molar-refractivity contribution in [1.29, 1.82) is 0 Å². The molecule has 1 heterocycles. The molecule has 0 aliphatic carbocycles. The lowest BCUT2D eigenvalue weighted by Gasteiger charge is -2.41. The molecule has 94 valence electrons. The van der Waals surface area contributed by atoms with E-state index >= 15 is 0 Å². The van der Waals surface area contributed by atoms with Crippen molar-refractivity contribution in [2.24, 2.45) is 11.3 Å². The lowest BCUT2D eigenvalue weighted by molar-refractivity contribution is -0.151. The molecule has 1 aliphatic heterocycles. The molecule has 0 amide bonds. The van der Waals surface area contributed by atoms with Gasteiger partial charge in [-0.3, -0.25) is 4.79 Å². The van der Waals surface area contributed by atoms with E-state index in [-0.39, 0.29) is 5.92 Å². The molecule has 1 fully saturated rings. The highest BCUT2D eigenvalue weighted by molar-refractivity contribution is 5.74. The van der Waals surface area contributed by atoms with Gasteiger partial charge in [0.2, 0.25) is 0 Å². The van der Waals surface area contributed by atoms with Gasteiger partial charge < -0.3 is 10.0 Å². The largest absolute Gasteiger partial charge is 0.481 e. The van der Waals surface area contributed by atoms with E-state index in [4.69, 9.17) is 0 Å². The van der Waals surface area contributed by atoms with Crippen LogP contribution in [0, 0.1) is 11.3 Å². The molecule has 0 spiro atoms. The third-order valence-corrected chi connectivity index (χ3v) is 4.24. The van der Waals surface area contributed by atoms with Gasteiger partial charge in [-0.05, 0) is 52.5 Å². The van der Waals surface area contributed by atoms with E-state index < -0.39 is 11.4 Å². The number of nitrogens with zero attached hydrogens (tertiary/aromatic N) is 1. The van der Waals surface area contributed by atoms with E-state index in [1.807, 2.05) is 13.8 Å². The minimum absolute atomic E-state index is 0.285. The molecule has 3 nitrogen and oxygen atoms in total. The number of rotatable bonds is 4. The van der Waals surface area contributed by atoms with Crippen LogP contribution >= 0.6 is 0 Å². The summed E-state index contributed by atoms with van der Waals surface area (Å²) in [6.45, 7) is 10.2. The predicted molar refractivity (Wildman–Crippen MR) is 65.5 cm³/mol. The van der Waals surface area contributed by atoms with Gasteiger partial charge in [-0.15, -0.1) is 0 Å². The van der Waals surface area contributed by atoms with Gasteiger partial charge in [0.25, 0.3) is 0 Å². The molecule has 0 saturated carbocycles. The van der Waals surface area contributed by atoms with E-state index in [2.05, 4.69) is 18.7 Å². The van der Waals surface area contributed by atoms with Gasteiger partial charge in [-0.1, -0.05) is 6.92 Å². The summed E-state index contributed by atoms with van der Waals surface area (Å²) in [5.41, 5.74) is -0.591. The van der Waals surface area contributed by atoms with Crippen LogP contribution in [0.4, 0.5) is 0 Å². The number of carbonyl (C=O) groups is 1. The van der Waals surface area contributed by atoms with Crippen LogP contribution in [0.5, 0.6) is 0 Å². The third-order valence-electron chi connectivity index (χ3n) is 4.24. The van der Waals surface area contributed by atoms with Crippen molar-refractivity contribution in [2.75, 3.05) is 13.1 Å². The normalized spacial score (nSPS) is 25.4. The number of carboxylic acid groups (broad SMARTS) is 1.